The molecule has 6 rings (SSSR count). The van der Waals surface area contributed by atoms with Gasteiger partial charge in [0.1, 0.15) is 0 Å². The molecule has 0 bridgehead atoms. The molecule has 6 unspecified atom stereocenters. The van der Waals surface area contributed by atoms with Crippen molar-refractivity contribution in [1.82, 2.24) is 0 Å². The minimum absolute atomic E-state index is 0.0231. The van der Waals surface area contributed by atoms with Gasteiger partial charge in [0.25, 0.3) is 0 Å². The monoisotopic (exact) mass is 812 g/mol. The fraction of sp³-hybridized carbons (Fsp3) is 0.520. The molecular weight excluding hydrogens is 745 g/mol. The number of phenols is 2. The molecule has 0 aromatic heterocycles. The van der Waals surface area contributed by atoms with E-state index in [0.717, 1.165) is 46.0 Å². The zero-order valence-electron chi connectivity index (χ0n) is 35.5. The number of aromatic hydroxyl groups is 2. The van der Waals surface area contributed by atoms with Gasteiger partial charge < -0.3 is 0 Å². The quantitative estimate of drug-likeness (QED) is 0.157. The van der Waals surface area contributed by atoms with Crippen molar-refractivity contribution in [2.75, 3.05) is 0 Å². The summed E-state index contributed by atoms with van der Waals surface area (Å²) in [5, 5.41) is 26.3. The molecule has 296 valence electrons. The molecule has 1 heterocycles. The van der Waals surface area contributed by atoms with Crippen LogP contribution in [0.1, 0.15) is 165 Å². The predicted molar refractivity (Wildman–Crippen MR) is 238 cm³/mol. The van der Waals surface area contributed by atoms with Crippen molar-refractivity contribution < 1.29 is 25.7 Å². The van der Waals surface area contributed by atoms with Gasteiger partial charge in [-0.2, -0.15) is 0 Å². The minimum atomic E-state index is -0.348. The van der Waals surface area contributed by atoms with Crippen molar-refractivity contribution in [2.45, 2.75) is 164 Å². The van der Waals surface area contributed by atoms with Gasteiger partial charge in [0.05, 0.1) is 0 Å². The molecule has 1 saturated carbocycles. The van der Waals surface area contributed by atoms with Crippen molar-refractivity contribution in [3.05, 3.63) is 129 Å². The van der Waals surface area contributed by atoms with Crippen LogP contribution in [0.4, 0.5) is 0 Å². The fourth-order valence-electron chi connectivity index (χ4n) is 8.97. The first kappa shape index (κ1) is 42.5. The molecule has 55 heavy (non-hydrogen) atoms. The van der Waals surface area contributed by atoms with Crippen LogP contribution in [0.15, 0.2) is 84.9 Å². The number of phenolic OH excluding ortho intramolecular Hbond substituents is 2. The van der Waals surface area contributed by atoms with Gasteiger partial charge in [0.15, 0.2) is 0 Å². The standard InChI is InChI=1S/C50H68O2S2.Ti/c1-11-49(9,37-23-17-15-18-24-37)41-31-39(47(3,4)5)29-35(45(41)51)33-53-43-27-21-13-14-22-28-44(43)54-34-36-30-40(48(6,7)8)32-42(46(36)52)50(10,12-2)38-25-19-16-20-26-38;/h15-20,23-26,29-32,43-44,51-52H,11-14,21-22,27-28,33-34H2,1-10H3;. The van der Waals surface area contributed by atoms with E-state index in [0.29, 0.717) is 11.5 Å². The summed E-state index contributed by atoms with van der Waals surface area (Å²) in [6.07, 6.45) is 9.85. The predicted octanol–water partition coefficient (Wildman–Crippen LogP) is 14.4. The van der Waals surface area contributed by atoms with Crippen molar-refractivity contribution in [1.29, 1.82) is 0 Å². The second kappa shape index (κ2) is 17.0. The molecule has 4 aromatic carbocycles. The van der Waals surface area contributed by atoms with E-state index in [1.54, 1.807) is 0 Å². The zero-order chi connectivity index (χ0) is 39.8. The molecular formula is C50H68O2S2Ti. The first-order valence-electron chi connectivity index (χ1n) is 21.0. The van der Waals surface area contributed by atoms with Crippen LogP contribution in [-0.2, 0) is 48.6 Å². The average molecular weight is 813 g/mol. The Morgan fingerprint density at radius 2 is 0.891 bits per heavy atom. The molecule has 4 aromatic rings. The maximum absolute atomic E-state index is 12.4. The van der Waals surface area contributed by atoms with Gasteiger partial charge in [0.2, 0.25) is 0 Å². The van der Waals surface area contributed by atoms with E-state index >= 15 is 0 Å². The van der Waals surface area contributed by atoms with Crippen LogP contribution in [0.2, 0.25) is 0 Å². The topological polar surface area (TPSA) is 40.5 Å². The SMILES string of the molecule is CCC(C)(c1ccccc1)c1cc(C(C)(C)C)cc(C[S]2=[Ti]=[S](Cc3cc(C(C)(C)C)cc(C(C)(CC)c4ccccc4)c3O)C3CCCCCCC32)c1O. The summed E-state index contributed by atoms with van der Waals surface area (Å²) in [5.41, 5.74) is 9.14. The first-order valence-corrected chi connectivity index (χ1v) is 27.8. The Balaban J connectivity index is 1.50. The van der Waals surface area contributed by atoms with Gasteiger partial charge in [-0.05, 0) is 0 Å². The molecule has 2 aliphatic rings. The number of benzene rings is 4. The van der Waals surface area contributed by atoms with Crippen LogP contribution < -0.4 is 0 Å². The van der Waals surface area contributed by atoms with Crippen molar-refractivity contribution in [3.63, 3.8) is 0 Å². The first-order chi connectivity index (χ1) is 26.0. The summed E-state index contributed by atoms with van der Waals surface area (Å²) in [4.78, 5) is 0. The number of hydrogen-bond acceptors (Lipinski definition) is 2. The Kier molecular flexibility index (Phi) is 13.1. The van der Waals surface area contributed by atoms with Gasteiger partial charge in [0, 0.05) is 0 Å². The molecule has 0 spiro atoms. The number of rotatable bonds is 10. The Morgan fingerprint density at radius 3 is 1.22 bits per heavy atom. The van der Waals surface area contributed by atoms with Crippen LogP contribution in [-0.4, -0.2) is 20.7 Å². The summed E-state index contributed by atoms with van der Waals surface area (Å²) in [5.74, 6) is 3.08. The van der Waals surface area contributed by atoms with Crippen LogP contribution in [0.3, 0.4) is 0 Å². The van der Waals surface area contributed by atoms with E-state index < -0.39 is 0 Å². The zero-order valence-corrected chi connectivity index (χ0v) is 38.7. The summed E-state index contributed by atoms with van der Waals surface area (Å²) >= 11 is -0.348. The molecule has 1 fully saturated rings. The van der Waals surface area contributed by atoms with Crippen molar-refractivity contribution in [3.8, 4) is 11.5 Å². The van der Waals surface area contributed by atoms with Crippen molar-refractivity contribution in [2.24, 2.45) is 0 Å². The van der Waals surface area contributed by atoms with Gasteiger partial charge in [-0.25, -0.2) is 0 Å². The van der Waals surface area contributed by atoms with Gasteiger partial charge in [-0.1, -0.05) is 0 Å². The van der Waals surface area contributed by atoms with E-state index in [1.807, 2.05) is 0 Å². The second-order valence-corrected chi connectivity index (χ2v) is 30.4. The second-order valence-electron chi connectivity index (χ2n) is 19.0. The Bertz CT molecular complexity index is 1910. The van der Waals surface area contributed by atoms with E-state index in [1.165, 1.54) is 71.9 Å². The van der Waals surface area contributed by atoms with E-state index in [2.05, 4.69) is 154 Å². The molecule has 2 N–H and O–H groups in total. The van der Waals surface area contributed by atoms with Crippen LogP contribution in [0.25, 0.3) is 0 Å². The molecule has 0 amide bonds. The van der Waals surface area contributed by atoms with Gasteiger partial charge in [-0.15, -0.1) is 0 Å². The molecule has 1 aliphatic carbocycles. The normalized spacial score (nSPS) is 22.7. The Labute approximate surface area is 344 Å². The summed E-state index contributed by atoms with van der Waals surface area (Å²) in [6.45, 7) is 23.1. The number of hydrogen-bond donors (Lipinski definition) is 2. The molecule has 6 atom stereocenters. The van der Waals surface area contributed by atoms with Crippen LogP contribution in [0.5, 0.6) is 11.5 Å². The average Bonchev–Trinajstić information content (AvgIpc) is 3.45. The molecule has 0 saturated heterocycles. The Morgan fingerprint density at radius 1 is 0.527 bits per heavy atom. The molecule has 5 heteroatoms. The maximum atomic E-state index is 12.4. The van der Waals surface area contributed by atoms with Crippen molar-refractivity contribution >= 4 is 15.9 Å². The molecule has 1 aliphatic heterocycles. The van der Waals surface area contributed by atoms with Crippen LogP contribution in [0, 0.1) is 0 Å². The fourth-order valence-corrected chi connectivity index (χ4v) is 29.8. The molecule has 0 radical (unpaired) electrons. The molecule has 2 nitrogen and oxygen atoms in total. The van der Waals surface area contributed by atoms with Gasteiger partial charge >= 0.3 is 347 Å². The third-order valence-electron chi connectivity index (χ3n) is 13.2. The Hall–Kier alpha value is -2.11. The van der Waals surface area contributed by atoms with Gasteiger partial charge in [-0.3, -0.25) is 0 Å². The summed E-state index contributed by atoms with van der Waals surface area (Å²) in [6, 6.07) is 31.1. The van der Waals surface area contributed by atoms with E-state index in [4.69, 9.17) is 0 Å². The number of fused-ring (bicyclic) bond motifs is 1. The summed E-state index contributed by atoms with van der Waals surface area (Å²) in [7, 11) is 0.538. The van der Waals surface area contributed by atoms with E-state index in [-0.39, 0.29) is 53.0 Å². The van der Waals surface area contributed by atoms with E-state index in [9.17, 15) is 10.2 Å². The third kappa shape index (κ3) is 8.84. The van der Waals surface area contributed by atoms with Crippen LogP contribution >= 0.6 is 15.9 Å². The third-order valence-corrected chi connectivity index (χ3v) is 29.2. The summed E-state index contributed by atoms with van der Waals surface area (Å²) < 4.78 is 0.